The Balaban J connectivity index is 1.65. The van der Waals surface area contributed by atoms with Gasteiger partial charge in [0.1, 0.15) is 13.1 Å². The number of nitrogens with one attached hydrogen (secondary N) is 2. The van der Waals surface area contributed by atoms with Gasteiger partial charge in [-0.1, -0.05) is 12.5 Å². The van der Waals surface area contributed by atoms with Crippen LogP contribution in [0.5, 0.6) is 0 Å². The molecule has 2 aliphatic rings. The number of carbonyl (C=O) groups is 1. The van der Waals surface area contributed by atoms with E-state index in [1.54, 1.807) is 23.4 Å². The Bertz CT molecular complexity index is 754. The number of nitrogens with zero attached hydrogens (tertiary/aromatic N) is 1. The van der Waals surface area contributed by atoms with Crippen LogP contribution in [0.2, 0.25) is 0 Å². The Labute approximate surface area is 161 Å². The fraction of sp³-hybridized carbons (Fsp3) is 0.632. The molecule has 0 saturated carbocycles. The molecule has 0 aromatic heterocycles. The second kappa shape index (κ2) is 9.14. The molecule has 8 heteroatoms. The van der Waals surface area contributed by atoms with E-state index in [9.17, 15) is 13.2 Å². The van der Waals surface area contributed by atoms with E-state index in [2.05, 4.69) is 5.32 Å². The van der Waals surface area contributed by atoms with Crippen LogP contribution in [-0.2, 0) is 14.8 Å². The number of sulfonamides is 1. The summed E-state index contributed by atoms with van der Waals surface area (Å²) in [7, 11) is -3.55. The number of morpholine rings is 1. The monoisotopic (exact) mass is 396 g/mol. The second-order valence-corrected chi connectivity index (χ2v) is 9.22. The van der Waals surface area contributed by atoms with E-state index >= 15 is 0 Å². The van der Waals surface area contributed by atoms with E-state index in [1.165, 1.54) is 11.0 Å². The highest BCUT2D eigenvalue weighted by Gasteiger charge is 2.28. The van der Waals surface area contributed by atoms with Crippen molar-refractivity contribution in [1.29, 1.82) is 0 Å². The van der Waals surface area contributed by atoms with Crippen LogP contribution < -0.4 is 10.2 Å². The van der Waals surface area contributed by atoms with E-state index in [0.29, 0.717) is 30.8 Å². The molecule has 2 fully saturated rings. The van der Waals surface area contributed by atoms with Gasteiger partial charge >= 0.3 is 0 Å². The van der Waals surface area contributed by atoms with Crippen molar-refractivity contribution >= 4 is 15.9 Å². The highest BCUT2D eigenvalue weighted by Crippen LogP contribution is 2.24. The molecule has 0 aliphatic carbocycles. The Morgan fingerprint density at radius 1 is 1.19 bits per heavy atom. The van der Waals surface area contributed by atoms with Crippen LogP contribution in [0.15, 0.2) is 23.1 Å². The largest absolute Gasteiger partial charge is 0.370 e. The minimum absolute atomic E-state index is 0.224. The molecule has 7 nitrogen and oxygen atoms in total. The minimum atomic E-state index is -3.55. The van der Waals surface area contributed by atoms with Gasteiger partial charge in [0, 0.05) is 18.7 Å². The van der Waals surface area contributed by atoms with Gasteiger partial charge < -0.3 is 15.0 Å². The normalized spacial score (nSPS) is 19.7. The average molecular weight is 397 g/mol. The smallest absolute Gasteiger partial charge is 0.251 e. The van der Waals surface area contributed by atoms with Crippen LogP contribution in [-0.4, -0.2) is 71.1 Å². The summed E-state index contributed by atoms with van der Waals surface area (Å²) in [6, 6.07) is 4.94. The summed E-state index contributed by atoms with van der Waals surface area (Å²) in [5.41, 5.74) is 1.07. The lowest BCUT2D eigenvalue weighted by molar-refractivity contribution is -0.906. The Morgan fingerprint density at radius 3 is 2.59 bits per heavy atom. The molecule has 1 amide bonds. The standard InChI is InChI=1S/C19H29N3O4S/c1-16-5-6-17(19(23)20-7-10-21-11-13-26-14-12-21)15-18(16)27(24,25)22-8-3-2-4-9-22/h5-6,15H,2-4,7-14H2,1H3,(H,20,23)/p+1. The number of carbonyl (C=O) groups excluding carboxylic acids is 1. The van der Waals surface area contributed by atoms with Crippen molar-refractivity contribution in [2.75, 3.05) is 52.5 Å². The van der Waals surface area contributed by atoms with Gasteiger partial charge in [0.2, 0.25) is 10.0 Å². The number of rotatable bonds is 6. The summed E-state index contributed by atoms with van der Waals surface area (Å²) in [6.45, 7) is 7.74. The number of benzene rings is 1. The van der Waals surface area contributed by atoms with Crippen LogP contribution in [0, 0.1) is 6.92 Å². The molecule has 2 aliphatic heterocycles. The molecule has 0 radical (unpaired) electrons. The van der Waals surface area contributed by atoms with E-state index in [4.69, 9.17) is 4.74 Å². The van der Waals surface area contributed by atoms with Crippen LogP contribution in [0.25, 0.3) is 0 Å². The Kier molecular flexibility index (Phi) is 6.86. The lowest BCUT2D eigenvalue weighted by Crippen LogP contribution is -3.14. The molecule has 27 heavy (non-hydrogen) atoms. The van der Waals surface area contributed by atoms with Crippen molar-refractivity contribution in [2.24, 2.45) is 0 Å². The molecule has 2 heterocycles. The third kappa shape index (κ3) is 5.07. The predicted octanol–water partition coefficient (Wildman–Crippen LogP) is -0.185. The van der Waals surface area contributed by atoms with Gasteiger partial charge in [0.25, 0.3) is 5.91 Å². The summed E-state index contributed by atoms with van der Waals surface area (Å²) < 4.78 is 32.8. The SMILES string of the molecule is Cc1ccc(C(=O)NCC[NH+]2CCOCC2)cc1S(=O)(=O)N1CCCCC1. The van der Waals surface area contributed by atoms with Gasteiger partial charge in [-0.05, 0) is 37.5 Å². The van der Waals surface area contributed by atoms with E-state index in [0.717, 1.165) is 52.1 Å². The van der Waals surface area contributed by atoms with Gasteiger partial charge in [-0.15, -0.1) is 0 Å². The molecule has 2 saturated heterocycles. The summed E-state index contributed by atoms with van der Waals surface area (Å²) in [5.74, 6) is -0.224. The van der Waals surface area contributed by atoms with Crippen molar-refractivity contribution in [2.45, 2.75) is 31.1 Å². The van der Waals surface area contributed by atoms with Crippen molar-refractivity contribution in [1.82, 2.24) is 9.62 Å². The first kappa shape index (κ1) is 20.3. The molecule has 1 aromatic rings. The Morgan fingerprint density at radius 2 is 1.89 bits per heavy atom. The third-order valence-corrected chi connectivity index (χ3v) is 7.39. The highest BCUT2D eigenvalue weighted by molar-refractivity contribution is 7.89. The number of quaternary nitrogens is 1. The lowest BCUT2D eigenvalue weighted by atomic mass is 10.1. The summed E-state index contributed by atoms with van der Waals surface area (Å²) in [6.07, 6.45) is 2.85. The van der Waals surface area contributed by atoms with Crippen molar-refractivity contribution in [3.05, 3.63) is 29.3 Å². The van der Waals surface area contributed by atoms with Gasteiger partial charge in [0.15, 0.2) is 0 Å². The maximum absolute atomic E-state index is 13.0. The quantitative estimate of drug-likeness (QED) is 0.699. The van der Waals surface area contributed by atoms with Crippen molar-refractivity contribution in [3.63, 3.8) is 0 Å². The molecule has 1 aromatic carbocycles. The number of amides is 1. The number of aryl methyl sites for hydroxylation is 1. The molecular weight excluding hydrogens is 366 g/mol. The topological polar surface area (TPSA) is 80.1 Å². The molecule has 2 N–H and O–H groups in total. The van der Waals surface area contributed by atoms with E-state index in [-0.39, 0.29) is 10.8 Å². The van der Waals surface area contributed by atoms with Crippen LogP contribution in [0.1, 0.15) is 35.2 Å². The van der Waals surface area contributed by atoms with Crippen LogP contribution in [0.3, 0.4) is 0 Å². The zero-order valence-corrected chi connectivity index (χ0v) is 16.8. The lowest BCUT2D eigenvalue weighted by Gasteiger charge is -2.26. The van der Waals surface area contributed by atoms with E-state index < -0.39 is 10.0 Å². The summed E-state index contributed by atoms with van der Waals surface area (Å²) >= 11 is 0. The first-order chi connectivity index (χ1) is 13.0. The molecular formula is C19H30N3O4S+. The zero-order valence-electron chi connectivity index (χ0n) is 16.0. The van der Waals surface area contributed by atoms with Gasteiger partial charge in [-0.25, -0.2) is 8.42 Å². The summed E-state index contributed by atoms with van der Waals surface area (Å²) in [4.78, 5) is 14.2. The number of ether oxygens (including phenoxy) is 1. The highest BCUT2D eigenvalue weighted by atomic mass is 32.2. The average Bonchev–Trinajstić information content (AvgIpc) is 2.69. The van der Waals surface area contributed by atoms with Crippen molar-refractivity contribution in [3.8, 4) is 0 Å². The first-order valence-corrected chi connectivity index (χ1v) is 11.2. The molecule has 0 bridgehead atoms. The molecule has 3 rings (SSSR count). The van der Waals surface area contributed by atoms with Crippen molar-refractivity contribution < 1.29 is 22.8 Å². The fourth-order valence-corrected chi connectivity index (χ4v) is 5.40. The number of piperidine rings is 1. The maximum atomic E-state index is 13.0. The summed E-state index contributed by atoms with van der Waals surface area (Å²) in [5, 5.41) is 2.91. The first-order valence-electron chi connectivity index (χ1n) is 9.79. The molecule has 0 spiro atoms. The molecule has 0 atom stereocenters. The molecule has 150 valence electrons. The van der Waals surface area contributed by atoms with Gasteiger partial charge in [-0.2, -0.15) is 4.31 Å². The van der Waals surface area contributed by atoms with Crippen LogP contribution >= 0.6 is 0 Å². The fourth-order valence-electron chi connectivity index (χ4n) is 3.63. The van der Waals surface area contributed by atoms with Gasteiger partial charge in [0.05, 0.1) is 31.2 Å². The molecule has 0 unspecified atom stereocenters. The third-order valence-electron chi connectivity index (χ3n) is 5.35. The second-order valence-electron chi connectivity index (χ2n) is 7.31. The zero-order chi connectivity index (χ0) is 19.3. The number of hydrogen-bond acceptors (Lipinski definition) is 4. The van der Waals surface area contributed by atoms with Gasteiger partial charge in [-0.3, -0.25) is 4.79 Å². The minimum Gasteiger partial charge on any atom is -0.370 e. The predicted molar refractivity (Wildman–Crippen MR) is 103 cm³/mol. The van der Waals surface area contributed by atoms with E-state index in [1.807, 2.05) is 0 Å². The number of hydrogen-bond donors (Lipinski definition) is 2. The van der Waals surface area contributed by atoms with Crippen LogP contribution in [0.4, 0.5) is 0 Å². The maximum Gasteiger partial charge on any atom is 0.251 e. The Hall–Kier alpha value is -1.48.